The van der Waals surface area contributed by atoms with Gasteiger partial charge in [0.2, 0.25) is 0 Å². The monoisotopic (exact) mass is 308 g/mol. The van der Waals surface area contributed by atoms with Crippen LogP contribution in [0.3, 0.4) is 0 Å². The molecule has 0 heterocycles. The van der Waals surface area contributed by atoms with Gasteiger partial charge in [-0.05, 0) is 35.2 Å². The number of halogens is 1. The summed E-state index contributed by atoms with van der Waals surface area (Å²) in [5, 5.41) is 35.3. The van der Waals surface area contributed by atoms with E-state index in [-0.39, 0.29) is 0 Å². The van der Waals surface area contributed by atoms with Crippen molar-refractivity contribution in [1.29, 1.82) is 0 Å². The number of hydrogen-bond donors (Lipinski definition) is 4. The summed E-state index contributed by atoms with van der Waals surface area (Å²) in [6.45, 7) is 0. The molecule has 0 fully saturated rings. The third-order valence-electron chi connectivity index (χ3n) is 2.54. The molecule has 0 spiro atoms. The van der Waals surface area contributed by atoms with Gasteiger partial charge in [-0.3, -0.25) is 0 Å². The fourth-order valence-corrected chi connectivity index (χ4v) is 1.67. The molecule has 0 bridgehead atoms. The second-order valence-electron chi connectivity index (χ2n) is 4.08. The standard InChI is InChI=1S/C7H9BO3.C6H6BClO2/c1-11-7-4-2-3-6(5-7)8(9)10;8-6-3-1-2-5(4-6)7(9)10/h2-5,9-10H,1H3;1-4,9-10H. The van der Waals surface area contributed by atoms with Crippen LogP contribution in [0.2, 0.25) is 5.02 Å². The molecule has 0 aliphatic carbocycles. The van der Waals surface area contributed by atoms with E-state index < -0.39 is 14.2 Å². The molecule has 2 aromatic carbocycles. The van der Waals surface area contributed by atoms with Crippen molar-refractivity contribution in [2.45, 2.75) is 0 Å². The minimum atomic E-state index is -1.43. The first-order chi connectivity index (χ1) is 9.93. The smallest absolute Gasteiger partial charge is 0.488 e. The molecule has 0 aliphatic heterocycles. The van der Waals surface area contributed by atoms with E-state index in [2.05, 4.69) is 0 Å². The van der Waals surface area contributed by atoms with Crippen molar-refractivity contribution in [2.24, 2.45) is 0 Å². The van der Waals surface area contributed by atoms with E-state index in [4.69, 9.17) is 36.4 Å². The predicted octanol–water partition coefficient (Wildman–Crippen LogP) is -0.605. The van der Waals surface area contributed by atoms with Gasteiger partial charge in [0.15, 0.2) is 0 Å². The third kappa shape index (κ3) is 6.20. The Morgan fingerprint density at radius 2 is 1.38 bits per heavy atom. The van der Waals surface area contributed by atoms with E-state index in [0.717, 1.165) is 0 Å². The maximum Gasteiger partial charge on any atom is 0.488 e. The van der Waals surface area contributed by atoms with Crippen LogP contribution in [0.5, 0.6) is 5.75 Å². The fourth-order valence-electron chi connectivity index (χ4n) is 1.47. The molecule has 4 N–H and O–H groups in total. The molecule has 110 valence electrons. The van der Waals surface area contributed by atoms with Gasteiger partial charge < -0.3 is 24.8 Å². The summed E-state index contributed by atoms with van der Waals surface area (Å²) in [5.41, 5.74) is 0.844. The molecular formula is C13H15B2ClO5. The van der Waals surface area contributed by atoms with E-state index >= 15 is 0 Å². The van der Waals surface area contributed by atoms with E-state index in [1.54, 1.807) is 42.5 Å². The fraction of sp³-hybridized carbons (Fsp3) is 0.0769. The number of rotatable bonds is 3. The van der Waals surface area contributed by atoms with E-state index in [0.29, 0.717) is 21.7 Å². The zero-order valence-corrected chi connectivity index (χ0v) is 12.1. The first-order valence-electron chi connectivity index (χ1n) is 6.05. The Bertz CT molecular complexity index is 566. The summed E-state index contributed by atoms with van der Waals surface area (Å²) < 4.78 is 4.88. The summed E-state index contributed by atoms with van der Waals surface area (Å²) in [6, 6.07) is 13.1. The van der Waals surface area contributed by atoms with Crippen LogP contribution in [-0.2, 0) is 0 Å². The Balaban J connectivity index is 0.000000211. The number of ether oxygens (including phenoxy) is 1. The van der Waals surface area contributed by atoms with Crippen LogP contribution in [0.4, 0.5) is 0 Å². The van der Waals surface area contributed by atoms with E-state index in [9.17, 15) is 0 Å². The van der Waals surface area contributed by atoms with Gasteiger partial charge in [0.05, 0.1) is 7.11 Å². The number of methoxy groups -OCH3 is 1. The summed E-state index contributed by atoms with van der Waals surface area (Å²) in [4.78, 5) is 0. The van der Waals surface area contributed by atoms with Crippen molar-refractivity contribution in [3.8, 4) is 5.75 Å². The molecule has 5 nitrogen and oxygen atoms in total. The Hall–Kier alpha value is -1.50. The van der Waals surface area contributed by atoms with Crippen LogP contribution in [0.15, 0.2) is 48.5 Å². The Morgan fingerprint density at radius 3 is 1.81 bits per heavy atom. The molecule has 0 aliphatic rings. The Labute approximate surface area is 128 Å². The third-order valence-corrected chi connectivity index (χ3v) is 2.77. The maximum atomic E-state index is 8.74. The van der Waals surface area contributed by atoms with Gasteiger partial charge in [-0.15, -0.1) is 0 Å². The lowest BCUT2D eigenvalue weighted by atomic mass is 9.80. The molecule has 8 heteroatoms. The van der Waals surface area contributed by atoms with Crippen molar-refractivity contribution in [3.05, 3.63) is 53.6 Å². The lowest BCUT2D eigenvalue weighted by molar-refractivity contribution is 0.412. The quantitative estimate of drug-likeness (QED) is 0.568. The molecule has 0 amide bonds. The highest BCUT2D eigenvalue weighted by atomic mass is 35.5. The van der Waals surface area contributed by atoms with Gasteiger partial charge in [-0.2, -0.15) is 0 Å². The van der Waals surface area contributed by atoms with E-state index in [1.165, 1.54) is 13.2 Å². The first-order valence-corrected chi connectivity index (χ1v) is 6.43. The van der Waals surface area contributed by atoms with Crippen LogP contribution < -0.4 is 15.7 Å². The lowest BCUT2D eigenvalue weighted by Crippen LogP contribution is -2.29. The van der Waals surface area contributed by atoms with Crippen molar-refractivity contribution < 1.29 is 24.8 Å². The molecule has 2 aromatic rings. The van der Waals surface area contributed by atoms with Crippen molar-refractivity contribution in [3.63, 3.8) is 0 Å². The summed E-state index contributed by atoms with van der Waals surface area (Å²) in [6.07, 6.45) is 0. The van der Waals surface area contributed by atoms with Gasteiger partial charge in [0.25, 0.3) is 0 Å². The molecule has 0 unspecified atom stereocenters. The molecule has 0 saturated carbocycles. The molecular weight excluding hydrogens is 293 g/mol. The summed E-state index contributed by atoms with van der Waals surface area (Å²) in [5.74, 6) is 0.621. The zero-order valence-electron chi connectivity index (χ0n) is 11.3. The van der Waals surface area contributed by atoms with Gasteiger partial charge in [0.1, 0.15) is 5.75 Å². The largest absolute Gasteiger partial charge is 0.497 e. The SMILES string of the molecule is COc1cccc(B(O)O)c1.OB(O)c1cccc(Cl)c1. The maximum absolute atomic E-state index is 8.74. The molecule has 21 heavy (non-hydrogen) atoms. The summed E-state index contributed by atoms with van der Waals surface area (Å²) >= 11 is 5.57. The van der Waals surface area contributed by atoms with Gasteiger partial charge in [-0.1, -0.05) is 35.9 Å². The Kier molecular flexibility index (Phi) is 7.28. The number of benzene rings is 2. The molecule has 2 rings (SSSR count). The van der Waals surface area contributed by atoms with Crippen LogP contribution in [0.1, 0.15) is 0 Å². The minimum Gasteiger partial charge on any atom is -0.497 e. The van der Waals surface area contributed by atoms with Crippen LogP contribution in [0.25, 0.3) is 0 Å². The highest BCUT2D eigenvalue weighted by Crippen LogP contribution is 2.05. The lowest BCUT2D eigenvalue weighted by Gasteiger charge is -2.01. The first kappa shape index (κ1) is 17.6. The predicted molar refractivity (Wildman–Crippen MR) is 84.1 cm³/mol. The average molecular weight is 308 g/mol. The Morgan fingerprint density at radius 1 is 0.857 bits per heavy atom. The summed E-state index contributed by atoms with van der Waals surface area (Å²) in [7, 11) is -1.33. The average Bonchev–Trinajstić information content (AvgIpc) is 2.48. The minimum absolute atomic E-state index is 0.410. The molecule has 0 radical (unpaired) electrons. The molecule has 0 atom stereocenters. The second-order valence-corrected chi connectivity index (χ2v) is 4.52. The van der Waals surface area contributed by atoms with Crippen molar-refractivity contribution in [1.82, 2.24) is 0 Å². The van der Waals surface area contributed by atoms with Gasteiger partial charge >= 0.3 is 14.2 Å². The van der Waals surface area contributed by atoms with Crippen molar-refractivity contribution in [2.75, 3.05) is 7.11 Å². The van der Waals surface area contributed by atoms with E-state index in [1.807, 2.05) is 0 Å². The highest BCUT2D eigenvalue weighted by molar-refractivity contribution is 6.59. The normalized spacial score (nSPS) is 9.43. The van der Waals surface area contributed by atoms with Crippen LogP contribution in [-0.4, -0.2) is 41.4 Å². The second kappa shape index (κ2) is 8.71. The topological polar surface area (TPSA) is 90.2 Å². The van der Waals surface area contributed by atoms with Crippen LogP contribution >= 0.6 is 11.6 Å². The zero-order chi connectivity index (χ0) is 15.8. The molecule has 0 aromatic heterocycles. The van der Waals surface area contributed by atoms with Crippen LogP contribution in [0, 0.1) is 0 Å². The number of hydrogen-bond acceptors (Lipinski definition) is 5. The van der Waals surface area contributed by atoms with Gasteiger partial charge in [0, 0.05) is 5.02 Å². The highest BCUT2D eigenvalue weighted by Gasteiger charge is 2.10. The van der Waals surface area contributed by atoms with Gasteiger partial charge in [-0.25, -0.2) is 0 Å². The van der Waals surface area contributed by atoms with Crippen molar-refractivity contribution >= 4 is 36.8 Å². The molecule has 0 saturated heterocycles.